The van der Waals surface area contributed by atoms with E-state index in [4.69, 9.17) is 4.52 Å². The number of nitrogens with zero attached hydrogens (tertiary/aromatic N) is 3. The van der Waals surface area contributed by atoms with Gasteiger partial charge in [-0.05, 0) is 44.2 Å². The number of anilines is 1. The van der Waals surface area contributed by atoms with Gasteiger partial charge >= 0.3 is 0 Å². The van der Waals surface area contributed by atoms with Crippen LogP contribution >= 0.6 is 23.1 Å². The molecule has 0 saturated heterocycles. The minimum absolute atomic E-state index is 0.192. The second-order valence-corrected chi connectivity index (χ2v) is 8.14. The van der Waals surface area contributed by atoms with Crippen molar-refractivity contribution in [3.05, 3.63) is 64.6 Å². The van der Waals surface area contributed by atoms with Gasteiger partial charge in [0.2, 0.25) is 0 Å². The molecule has 0 aliphatic rings. The molecule has 1 N–H and O–H groups in total. The Morgan fingerprint density at radius 1 is 1.26 bits per heavy atom. The van der Waals surface area contributed by atoms with Crippen molar-refractivity contribution in [2.75, 3.05) is 5.32 Å². The van der Waals surface area contributed by atoms with Gasteiger partial charge in [0.05, 0.1) is 26.5 Å². The number of benzene rings is 1. The number of amides is 1. The summed E-state index contributed by atoms with van der Waals surface area (Å²) in [5.41, 5.74) is 3.03. The standard InChI is InChI=1S/C19H16N4O2S2/c1-11-8-14(23-25-11)10-26-19-15(4-3-7-20-19)18(24)22-13-5-6-16-17(9-13)27-12(2)21-16/h3-9H,10H2,1-2H3,(H,22,24). The molecule has 0 aliphatic carbocycles. The van der Waals surface area contributed by atoms with Crippen LogP contribution in [0.25, 0.3) is 10.2 Å². The summed E-state index contributed by atoms with van der Waals surface area (Å²) in [7, 11) is 0. The molecular weight excluding hydrogens is 380 g/mol. The SMILES string of the molecule is Cc1cc(CSc2ncccc2C(=O)Nc2ccc3nc(C)sc3c2)no1. The zero-order valence-corrected chi connectivity index (χ0v) is 16.4. The van der Waals surface area contributed by atoms with Gasteiger partial charge in [-0.15, -0.1) is 11.3 Å². The Bertz CT molecular complexity index is 1120. The molecule has 0 radical (unpaired) electrons. The smallest absolute Gasteiger partial charge is 0.258 e. The van der Waals surface area contributed by atoms with Crippen LogP contribution in [0.4, 0.5) is 5.69 Å². The van der Waals surface area contributed by atoms with Crippen LogP contribution in [0.15, 0.2) is 52.1 Å². The Hall–Kier alpha value is -2.71. The molecule has 0 bridgehead atoms. The van der Waals surface area contributed by atoms with Crippen molar-refractivity contribution in [1.29, 1.82) is 0 Å². The maximum absolute atomic E-state index is 12.8. The molecule has 4 rings (SSSR count). The monoisotopic (exact) mass is 396 g/mol. The number of hydrogen-bond acceptors (Lipinski definition) is 7. The van der Waals surface area contributed by atoms with Crippen LogP contribution in [0.1, 0.15) is 26.8 Å². The Labute approximate surface area is 164 Å². The first-order valence-corrected chi connectivity index (χ1v) is 10.1. The Balaban J connectivity index is 1.52. The maximum Gasteiger partial charge on any atom is 0.258 e. The van der Waals surface area contributed by atoms with Crippen molar-refractivity contribution >= 4 is 44.9 Å². The number of rotatable bonds is 5. The molecule has 0 saturated carbocycles. The molecule has 0 atom stereocenters. The predicted octanol–water partition coefficient (Wildman–Crippen LogP) is 4.84. The van der Waals surface area contributed by atoms with E-state index in [1.54, 1.807) is 29.7 Å². The van der Waals surface area contributed by atoms with Crippen LogP contribution in [0.2, 0.25) is 0 Å². The van der Waals surface area contributed by atoms with Crippen molar-refractivity contribution < 1.29 is 9.32 Å². The lowest BCUT2D eigenvalue weighted by atomic mass is 10.2. The maximum atomic E-state index is 12.8. The lowest BCUT2D eigenvalue weighted by Crippen LogP contribution is -2.13. The van der Waals surface area contributed by atoms with E-state index in [-0.39, 0.29) is 5.91 Å². The third-order valence-corrected chi connectivity index (χ3v) is 5.78. The van der Waals surface area contributed by atoms with Crippen LogP contribution in [0, 0.1) is 13.8 Å². The third-order valence-electron chi connectivity index (χ3n) is 3.80. The predicted molar refractivity (Wildman–Crippen MR) is 107 cm³/mol. The highest BCUT2D eigenvalue weighted by Gasteiger charge is 2.14. The third kappa shape index (κ3) is 4.01. The zero-order valence-electron chi connectivity index (χ0n) is 14.7. The van der Waals surface area contributed by atoms with Gasteiger partial charge in [-0.1, -0.05) is 16.9 Å². The molecule has 27 heavy (non-hydrogen) atoms. The van der Waals surface area contributed by atoms with Crippen LogP contribution < -0.4 is 5.32 Å². The molecule has 4 aromatic rings. The molecule has 136 valence electrons. The van der Waals surface area contributed by atoms with E-state index >= 15 is 0 Å². The topological polar surface area (TPSA) is 80.9 Å². The highest BCUT2D eigenvalue weighted by atomic mass is 32.2. The van der Waals surface area contributed by atoms with Gasteiger partial charge in [0.25, 0.3) is 5.91 Å². The summed E-state index contributed by atoms with van der Waals surface area (Å²) < 4.78 is 6.13. The number of aromatic nitrogens is 3. The Kier molecular flexibility index (Phi) is 4.91. The summed E-state index contributed by atoms with van der Waals surface area (Å²) in [5, 5.41) is 8.59. The van der Waals surface area contributed by atoms with Crippen LogP contribution in [0.5, 0.6) is 0 Å². The fourth-order valence-corrected chi connectivity index (χ4v) is 4.36. The summed E-state index contributed by atoms with van der Waals surface area (Å²) in [4.78, 5) is 21.6. The normalized spacial score (nSPS) is 11.0. The average Bonchev–Trinajstić information content (AvgIpc) is 3.24. The van der Waals surface area contributed by atoms with Crippen molar-refractivity contribution in [2.45, 2.75) is 24.6 Å². The van der Waals surface area contributed by atoms with Gasteiger partial charge < -0.3 is 9.84 Å². The molecule has 0 fully saturated rings. The fourth-order valence-electron chi connectivity index (χ4n) is 2.62. The molecule has 3 aromatic heterocycles. The summed E-state index contributed by atoms with van der Waals surface area (Å²) in [6.07, 6.45) is 1.68. The minimum atomic E-state index is -0.192. The van der Waals surface area contributed by atoms with Crippen molar-refractivity contribution in [3.63, 3.8) is 0 Å². The quantitative estimate of drug-likeness (QED) is 0.486. The number of pyridine rings is 1. The lowest BCUT2D eigenvalue weighted by Gasteiger charge is -2.08. The molecule has 0 aliphatic heterocycles. The van der Waals surface area contributed by atoms with Crippen molar-refractivity contribution in [2.24, 2.45) is 0 Å². The largest absolute Gasteiger partial charge is 0.361 e. The number of carbonyl (C=O) groups is 1. The molecule has 1 aromatic carbocycles. The van der Waals surface area contributed by atoms with Crippen molar-refractivity contribution in [3.8, 4) is 0 Å². The molecule has 3 heterocycles. The molecule has 6 nitrogen and oxygen atoms in total. The van der Waals surface area contributed by atoms with Gasteiger partial charge in [0.1, 0.15) is 10.8 Å². The van der Waals surface area contributed by atoms with E-state index in [0.717, 1.165) is 32.4 Å². The first kappa shape index (κ1) is 17.7. The fraction of sp³-hybridized carbons (Fsp3) is 0.158. The van der Waals surface area contributed by atoms with E-state index in [2.05, 4.69) is 20.4 Å². The van der Waals surface area contributed by atoms with E-state index in [0.29, 0.717) is 16.3 Å². The van der Waals surface area contributed by atoms with Crippen molar-refractivity contribution in [1.82, 2.24) is 15.1 Å². The highest BCUT2D eigenvalue weighted by Crippen LogP contribution is 2.27. The number of thioether (sulfide) groups is 1. The molecule has 0 unspecified atom stereocenters. The number of nitrogens with one attached hydrogen (secondary N) is 1. The number of carbonyl (C=O) groups excluding carboxylic acids is 1. The Morgan fingerprint density at radius 2 is 2.15 bits per heavy atom. The molecule has 8 heteroatoms. The van der Waals surface area contributed by atoms with Crippen LogP contribution in [0.3, 0.4) is 0 Å². The first-order chi connectivity index (χ1) is 13.1. The van der Waals surface area contributed by atoms with Gasteiger partial charge in [-0.3, -0.25) is 4.79 Å². The number of fused-ring (bicyclic) bond motifs is 1. The molecule has 0 spiro atoms. The summed E-state index contributed by atoms with van der Waals surface area (Å²) in [5.74, 6) is 1.15. The second-order valence-electron chi connectivity index (χ2n) is 5.94. The molecular formula is C19H16N4O2S2. The van der Waals surface area contributed by atoms with E-state index in [1.807, 2.05) is 38.1 Å². The summed E-state index contributed by atoms with van der Waals surface area (Å²) in [6, 6.07) is 11.1. The van der Waals surface area contributed by atoms with Crippen LogP contribution in [-0.2, 0) is 5.75 Å². The van der Waals surface area contributed by atoms with E-state index in [9.17, 15) is 4.79 Å². The number of thiazole rings is 1. The molecule has 1 amide bonds. The van der Waals surface area contributed by atoms with Gasteiger partial charge in [0, 0.05) is 23.7 Å². The summed E-state index contributed by atoms with van der Waals surface area (Å²) >= 11 is 3.06. The minimum Gasteiger partial charge on any atom is -0.361 e. The zero-order chi connectivity index (χ0) is 18.8. The Morgan fingerprint density at radius 3 is 2.96 bits per heavy atom. The summed E-state index contributed by atoms with van der Waals surface area (Å²) in [6.45, 7) is 3.82. The number of aryl methyl sites for hydroxylation is 2. The van der Waals surface area contributed by atoms with E-state index in [1.165, 1.54) is 11.8 Å². The first-order valence-electron chi connectivity index (χ1n) is 8.27. The second kappa shape index (κ2) is 7.50. The van der Waals surface area contributed by atoms with Gasteiger partial charge in [-0.2, -0.15) is 0 Å². The highest BCUT2D eigenvalue weighted by molar-refractivity contribution is 7.98. The van der Waals surface area contributed by atoms with E-state index < -0.39 is 0 Å². The van der Waals surface area contributed by atoms with Gasteiger partial charge in [0.15, 0.2) is 0 Å². The average molecular weight is 396 g/mol. The van der Waals surface area contributed by atoms with Crippen LogP contribution in [-0.4, -0.2) is 21.0 Å². The number of hydrogen-bond donors (Lipinski definition) is 1. The lowest BCUT2D eigenvalue weighted by molar-refractivity contribution is 0.102. The van der Waals surface area contributed by atoms with Gasteiger partial charge in [-0.25, -0.2) is 9.97 Å².